The van der Waals surface area contributed by atoms with Crippen LogP contribution in [0.3, 0.4) is 0 Å². The van der Waals surface area contributed by atoms with Gasteiger partial charge in [0.1, 0.15) is 6.04 Å². The fraction of sp³-hybridized carbons (Fsp3) is 0.417. The van der Waals surface area contributed by atoms with Crippen LogP contribution in [-0.2, 0) is 9.53 Å². The standard InChI is InChI=1S/C12H15NO4/c1-3-13-11(12(14)15-2)8-4-5-9-10(6-8)17-7-16-9/h4-6,11,13H,3,7H2,1-2H3. The van der Waals surface area contributed by atoms with Gasteiger partial charge in [-0.3, -0.25) is 0 Å². The maximum absolute atomic E-state index is 11.6. The Bertz CT molecular complexity index is 419. The zero-order chi connectivity index (χ0) is 12.3. The lowest BCUT2D eigenvalue weighted by Gasteiger charge is -2.15. The van der Waals surface area contributed by atoms with E-state index in [1.807, 2.05) is 13.0 Å². The van der Waals surface area contributed by atoms with Gasteiger partial charge in [0.15, 0.2) is 11.5 Å². The number of hydrogen-bond donors (Lipinski definition) is 1. The molecule has 92 valence electrons. The number of methoxy groups -OCH3 is 1. The second-order valence-electron chi connectivity index (χ2n) is 3.63. The molecule has 1 aliphatic heterocycles. The third-order valence-electron chi connectivity index (χ3n) is 2.58. The van der Waals surface area contributed by atoms with E-state index in [1.165, 1.54) is 7.11 Å². The number of nitrogens with one attached hydrogen (secondary N) is 1. The summed E-state index contributed by atoms with van der Waals surface area (Å²) in [5.74, 6) is 1.05. The van der Waals surface area contributed by atoms with Gasteiger partial charge in [0.05, 0.1) is 7.11 Å². The van der Waals surface area contributed by atoms with Crippen LogP contribution in [0.15, 0.2) is 18.2 Å². The third kappa shape index (κ3) is 2.34. The van der Waals surface area contributed by atoms with Crippen LogP contribution in [-0.4, -0.2) is 26.4 Å². The largest absolute Gasteiger partial charge is 0.468 e. The van der Waals surface area contributed by atoms with E-state index in [9.17, 15) is 4.79 Å². The maximum Gasteiger partial charge on any atom is 0.327 e. The molecule has 0 amide bonds. The molecule has 1 heterocycles. The molecule has 0 aromatic heterocycles. The van der Waals surface area contributed by atoms with Crippen molar-refractivity contribution in [1.82, 2.24) is 5.32 Å². The number of fused-ring (bicyclic) bond motifs is 1. The predicted molar refractivity (Wildman–Crippen MR) is 61.0 cm³/mol. The van der Waals surface area contributed by atoms with Crippen molar-refractivity contribution in [3.8, 4) is 11.5 Å². The van der Waals surface area contributed by atoms with Gasteiger partial charge in [0.2, 0.25) is 6.79 Å². The van der Waals surface area contributed by atoms with Crippen LogP contribution in [0, 0.1) is 0 Å². The molecule has 1 aliphatic rings. The highest BCUT2D eigenvalue weighted by atomic mass is 16.7. The Balaban J connectivity index is 2.26. The third-order valence-corrected chi connectivity index (χ3v) is 2.58. The Labute approximate surface area is 99.7 Å². The maximum atomic E-state index is 11.6. The van der Waals surface area contributed by atoms with E-state index >= 15 is 0 Å². The Morgan fingerprint density at radius 2 is 2.24 bits per heavy atom. The average molecular weight is 237 g/mol. The molecule has 0 spiro atoms. The summed E-state index contributed by atoms with van der Waals surface area (Å²) in [7, 11) is 1.37. The van der Waals surface area contributed by atoms with Gasteiger partial charge < -0.3 is 19.5 Å². The van der Waals surface area contributed by atoms with Crippen molar-refractivity contribution in [1.29, 1.82) is 0 Å². The van der Waals surface area contributed by atoms with Gasteiger partial charge >= 0.3 is 5.97 Å². The molecule has 0 fully saturated rings. The number of carbonyl (C=O) groups is 1. The summed E-state index contributed by atoms with van der Waals surface area (Å²) in [5, 5.41) is 3.07. The smallest absolute Gasteiger partial charge is 0.327 e. The zero-order valence-electron chi connectivity index (χ0n) is 9.86. The molecule has 1 atom stereocenters. The van der Waals surface area contributed by atoms with Crippen LogP contribution in [0.5, 0.6) is 11.5 Å². The number of hydrogen-bond acceptors (Lipinski definition) is 5. The summed E-state index contributed by atoms with van der Waals surface area (Å²) in [4.78, 5) is 11.6. The SMILES string of the molecule is CCNC(C(=O)OC)c1ccc2c(c1)OCO2. The van der Waals surface area contributed by atoms with E-state index in [-0.39, 0.29) is 12.8 Å². The van der Waals surface area contributed by atoms with Gasteiger partial charge in [0, 0.05) is 0 Å². The van der Waals surface area contributed by atoms with Crippen molar-refractivity contribution >= 4 is 5.97 Å². The molecule has 2 rings (SSSR count). The van der Waals surface area contributed by atoms with Gasteiger partial charge in [-0.05, 0) is 24.2 Å². The fourth-order valence-electron chi connectivity index (χ4n) is 1.75. The van der Waals surface area contributed by atoms with Gasteiger partial charge in [0.25, 0.3) is 0 Å². The average Bonchev–Trinajstić information content (AvgIpc) is 2.82. The first-order valence-electron chi connectivity index (χ1n) is 5.47. The zero-order valence-corrected chi connectivity index (χ0v) is 9.86. The molecule has 1 aromatic rings. The van der Waals surface area contributed by atoms with Crippen molar-refractivity contribution < 1.29 is 19.0 Å². The van der Waals surface area contributed by atoms with Crippen LogP contribution < -0.4 is 14.8 Å². The van der Waals surface area contributed by atoms with Gasteiger partial charge in [-0.15, -0.1) is 0 Å². The Hall–Kier alpha value is -1.75. The van der Waals surface area contributed by atoms with Gasteiger partial charge in [-0.2, -0.15) is 0 Å². The second kappa shape index (κ2) is 5.05. The highest BCUT2D eigenvalue weighted by Crippen LogP contribution is 2.34. The lowest BCUT2D eigenvalue weighted by atomic mass is 10.1. The van der Waals surface area contributed by atoms with Crippen LogP contribution in [0.25, 0.3) is 0 Å². The van der Waals surface area contributed by atoms with Gasteiger partial charge in [-0.1, -0.05) is 13.0 Å². The molecule has 17 heavy (non-hydrogen) atoms. The van der Waals surface area contributed by atoms with E-state index in [2.05, 4.69) is 5.32 Å². The molecule has 5 nitrogen and oxygen atoms in total. The first-order valence-corrected chi connectivity index (χ1v) is 5.47. The summed E-state index contributed by atoms with van der Waals surface area (Å²) in [5.41, 5.74) is 0.808. The van der Waals surface area contributed by atoms with Gasteiger partial charge in [-0.25, -0.2) is 4.79 Å². The molecule has 0 saturated heterocycles. The van der Waals surface area contributed by atoms with E-state index < -0.39 is 6.04 Å². The van der Waals surface area contributed by atoms with Crippen LogP contribution in [0.4, 0.5) is 0 Å². The summed E-state index contributed by atoms with van der Waals surface area (Å²) in [6.45, 7) is 2.83. The minimum Gasteiger partial charge on any atom is -0.468 e. The first kappa shape index (κ1) is 11.7. The lowest BCUT2D eigenvalue weighted by molar-refractivity contribution is -0.143. The molecule has 1 N–H and O–H groups in total. The van der Waals surface area contributed by atoms with Crippen LogP contribution in [0.2, 0.25) is 0 Å². The van der Waals surface area contributed by atoms with Crippen molar-refractivity contribution in [3.05, 3.63) is 23.8 Å². The second-order valence-corrected chi connectivity index (χ2v) is 3.63. The molecule has 0 aliphatic carbocycles. The Kier molecular flexibility index (Phi) is 3.49. The van der Waals surface area contributed by atoms with Crippen molar-refractivity contribution in [2.24, 2.45) is 0 Å². The molecule has 0 radical (unpaired) electrons. The van der Waals surface area contributed by atoms with Crippen molar-refractivity contribution in [2.75, 3.05) is 20.4 Å². The molecule has 1 aromatic carbocycles. The number of carbonyl (C=O) groups excluding carboxylic acids is 1. The summed E-state index contributed by atoms with van der Waals surface area (Å²) in [6, 6.07) is 4.95. The molecule has 0 saturated carbocycles. The minimum absolute atomic E-state index is 0.225. The summed E-state index contributed by atoms with van der Waals surface area (Å²) in [6.07, 6.45) is 0. The van der Waals surface area contributed by atoms with Crippen LogP contribution in [0.1, 0.15) is 18.5 Å². The number of ether oxygens (including phenoxy) is 3. The van der Waals surface area contributed by atoms with E-state index in [0.717, 1.165) is 5.56 Å². The highest BCUT2D eigenvalue weighted by molar-refractivity contribution is 5.78. The quantitative estimate of drug-likeness (QED) is 0.798. The van der Waals surface area contributed by atoms with Crippen molar-refractivity contribution in [2.45, 2.75) is 13.0 Å². The number of benzene rings is 1. The fourth-order valence-corrected chi connectivity index (χ4v) is 1.75. The normalized spacial score (nSPS) is 14.5. The van der Waals surface area contributed by atoms with E-state index in [0.29, 0.717) is 18.0 Å². The molecular formula is C12H15NO4. The lowest BCUT2D eigenvalue weighted by Crippen LogP contribution is -2.29. The topological polar surface area (TPSA) is 56.8 Å². The first-order chi connectivity index (χ1) is 8.26. The van der Waals surface area contributed by atoms with E-state index in [1.54, 1.807) is 12.1 Å². The molecular weight excluding hydrogens is 222 g/mol. The predicted octanol–water partition coefficient (Wildman–Crippen LogP) is 1.24. The molecule has 5 heteroatoms. The van der Waals surface area contributed by atoms with E-state index in [4.69, 9.17) is 14.2 Å². The number of esters is 1. The monoisotopic (exact) mass is 237 g/mol. The minimum atomic E-state index is -0.473. The highest BCUT2D eigenvalue weighted by Gasteiger charge is 2.23. The number of rotatable bonds is 4. The summed E-state index contributed by atoms with van der Waals surface area (Å²) >= 11 is 0. The van der Waals surface area contributed by atoms with Crippen molar-refractivity contribution in [3.63, 3.8) is 0 Å². The molecule has 1 unspecified atom stereocenters. The Morgan fingerprint density at radius 1 is 1.47 bits per heavy atom. The summed E-state index contributed by atoms with van der Waals surface area (Å²) < 4.78 is 15.3. The van der Waals surface area contributed by atoms with Crippen LogP contribution >= 0.6 is 0 Å². The molecule has 0 bridgehead atoms. The Morgan fingerprint density at radius 3 is 2.94 bits per heavy atom. The number of likely N-dealkylation sites (N-methyl/N-ethyl adjacent to an activating group) is 1.